The Labute approximate surface area is 78.2 Å². The van der Waals surface area contributed by atoms with Crippen molar-refractivity contribution < 1.29 is 9.72 Å². The highest BCUT2D eigenvalue weighted by molar-refractivity contribution is 6.20. The van der Waals surface area contributed by atoms with Gasteiger partial charge in [-0.05, 0) is 6.07 Å². The Kier molecular flexibility index (Phi) is 1.57. The number of amidine groups is 1. The van der Waals surface area contributed by atoms with Crippen molar-refractivity contribution in [3.05, 3.63) is 39.4 Å². The van der Waals surface area contributed by atoms with E-state index in [4.69, 9.17) is 5.73 Å². The summed E-state index contributed by atoms with van der Waals surface area (Å²) in [6, 6.07) is 3.86. The minimum atomic E-state index is -0.545. The van der Waals surface area contributed by atoms with Crippen LogP contribution in [0, 0.1) is 10.1 Å². The van der Waals surface area contributed by atoms with Gasteiger partial charge in [0.2, 0.25) is 0 Å². The van der Waals surface area contributed by atoms with Crippen molar-refractivity contribution in [3.8, 4) is 0 Å². The summed E-state index contributed by atoms with van der Waals surface area (Å²) in [4.78, 5) is 24.5. The van der Waals surface area contributed by atoms with Gasteiger partial charge in [-0.2, -0.15) is 4.99 Å². The maximum absolute atomic E-state index is 11.1. The first-order valence-electron chi connectivity index (χ1n) is 3.77. The molecule has 0 fully saturated rings. The van der Waals surface area contributed by atoms with Crippen LogP contribution in [-0.4, -0.2) is 16.7 Å². The number of nitro groups is 1. The molecule has 0 bridgehead atoms. The van der Waals surface area contributed by atoms with Crippen molar-refractivity contribution >= 4 is 17.4 Å². The van der Waals surface area contributed by atoms with Crippen molar-refractivity contribution in [1.29, 1.82) is 0 Å². The molecule has 1 amide bonds. The van der Waals surface area contributed by atoms with E-state index in [0.717, 1.165) is 0 Å². The molecular weight excluding hydrogens is 186 g/mol. The maximum atomic E-state index is 11.1. The molecule has 0 atom stereocenters. The Bertz CT molecular complexity index is 479. The fraction of sp³-hybridized carbons (Fsp3) is 0. The Morgan fingerprint density at radius 1 is 1.36 bits per heavy atom. The highest BCUT2D eigenvalue weighted by Gasteiger charge is 2.23. The normalized spacial score (nSPS) is 13.7. The number of carbonyl (C=O) groups excluding carboxylic acids is 1. The van der Waals surface area contributed by atoms with E-state index in [2.05, 4.69) is 4.99 Å². The van der Waals surface area contributed by atoms with Crippen molar-refractivity contribution in [1.82, 2.24) is 0 Å². The van der Waals surface area contributed by atoms with Gasteiger partial charge in [0.25, 0.3) is 11.6 Å². The zero-order valence-electron chi connectivity index (χ0n) is 6.93. The summed E-state index contributed by atoms with van der Waals surface area (Å²) in [6.07, 6.45) is 0. The van der Waals surface area contributed by atoms with Crippen LogP contribution >= 0.6 is 0 Å². The lowest BCUT2D eigenvalue weighted by Gasteiger charge is -1.96. The van der Waals surface area contributed by atoms with Crippen LogP contribution in [0.1, 0.15) is 15.9 Å². The average molecular weight is 191 g/mol. The van der Waals surface area contributed by atoms with Gasteiger partial charge in [0, 0.05) is 17.7 Å². The molecule has 0 aliphatic carbocycles. The zero-order chi connectivity index (χ0) is 10.3. The molecule has 0 radical (unpaired) electrons. The predicted octanol–water partition coefficient (Wildman–Crippen LogP) is 0.454. The van der Waals surface area contributed by atoms with Crippen molar-refractivity contribution in [3.63, 3.8) is 0 Å². The number of hydrogen-bond donors (Lipinski definition) is 1. The Balaban J connectivity index is 2.61. The molecular formula is C8H5N3O3. The lowest BCUT2D eigenvalue weighted by Crippen LogP contribution is -2.10. The molecule has 2 N–H and O–H groups in total. The van der Waals surface area contributed by atoms with Gasteiger partial charge in [0.05, 0.1) is 10.5 Å². The van der Waals surface area contributed by atoms with Crippen LogP contribution in [0.3, 0.4) is 0 Å². The molecule has 0 saturated carbocycles. The predicted molar refractivity (Wildman–Crippen MR) is 48.2 cm³/mol. The first-order chi connectivity index (χ1) is 6.59. The fourth-order valence-electron chi connectivity index (χ4n) is 1.27. The van der Waals surface area contributed by atoms with Crippen LogP contribution in [0.2, 0.25) is 0 Å². The summed E-state index contributed by atoms with van der Waals surface area (Å²) in [7, 11) is 0. The molecule has 0 unspecified atom stereocenters. The molecule has 70 valence electrons. The van der Waals surface area contributed by atoms with Gasteiger partial charge in [0.1, 0.15) is 5.84 Å². The number of nitrogens with zero attached hydrogens (tertiary/aromatic N) is 2. The van der Waals surface area contributed by atoms with E-state index in [1.807, 2.05) is 0 Å². The first-order valence-corrected chi connectivity index (χ1v) is 3.77. The van der Waals surface area contributed by atoms with Crippen molar-refractivity contribution in [2.45, 2.75) is 0 Å². The van der Waals surface area contributed by atoms with Crippen LogP contribution in [0.4, 0.5) is 5.69 Å². The largest absolute Gasteiger partial charge is 0.383 e. The van der Waals surface area contributed by atoms with E-state index < -0.39 is 10.8 Å². The molecule has 1 aliphatic heterocycles. The van der Waals surface area contributed by atoms with Gasteiger partial charge in [-0.1, -0.05) is 0 Å². The summed E-state index contributed by atoms with van der Waals surface area (Å²) in [5.74, 6) is -0.416. The fourth-order valence-corrected chi connectivity index (χ4v) is 1.27. The molecule has 1 heterocycles. The van der Waals surface area contributed by atoms with E-state index in [-0.39, 0.29) is 11.5 Å². The van der Waals surface area contributed by atoms with Gasteiger partial charge in [-0.25, -0.2) is 0 Å². The average Bonchev–Trinajstić information content (AvgIpc) is 2.42. The molecule has 1 aliphatic rings. The van der Waals surface area contributed by atoms with Crippen molar-refractivity contribution in [2.24, 2.45) is 10.7 Å². The molecule has 6 heteroatoms. The van der Waals surface area contributed by atoms with Gasteiger partial charge < -0.3 is 5.73 Å². The van der Waals surface area contributed by atoms with E-state index in [9.17, 15) is 14.9 Å². The number of amides is 1. The van der Waals surface area contributed by atoms with E-state index in [1.165, 1.54) is 18.2 Å². The monoisotopic (exact) mass is 191 g/mol. The standard InChI is InChI=1S/C8H5N3O3/c9-7-6-3-4(11(13)14)1-2-5(6)8(12)10-7/h1-3H,(H2,9,10,12). The molecule has 2 rings (SSSR count). The van der Waals surface area contributed by atoms with Crippen molar-refractivity contribution in [2.75, 3.05) is 0 Å². The van der Waals surface area contributed by atoms with E-state index >= 15 is 0 Å². The number of non-ortho nitro benzene ring substituents is 1. The molecule has 1 aromatic carbocycles. The van der Waals surface area contributed by atoms with Crippen LogP contribution < -0.4 is 5.73 Å². The minimum Gasteiger partial charge on any atom is -0.383 e. The molecule has 0 aromatic heterocycles. The number of rotatable bonds is 1. The number of benzene rings is 1. The SMILES string of the molecule is NC1=NC(=O)c2ccc([N+](=O)[O-])cc21. The quantitative estimate of drug-likeness (QED) is 0.514. The molecule has 0 spiro atoms. The Morgan fingerprint density at radius 2 is 2.07 bits per heavy atom. The highest BCUT2D eigenvalue weighted by Crippen LogP contribution is 2.22. The van der Waals surface area contributed by atoms with Gasteiger partial charge >= 0.3 is 0 Å². The Hall–Kier alpha value is -2.24. The second-order valence-corrected chi connectivity index (χ2v) is 2.79. The molecule has 14 heavy (non-hydrogen) atoms. The third kappa shape index (κ3) is 1.05. The lowest BCUT2D eigenvalue weighted by atomic mass is 10.1. The smallest absolute Gasteiger partial charge is 0.279 e. The minimum absolute atomic E-state index is 0.0358. The van der Waals surface area contributed by atoms with Crippen LogP contribution in [-0.2, 0) is 0 Å². The number of hydrogen-bond acceptors (Lipinski definition) is 4. The number of nitro benzene ring substituents is 1. The zero-order valence-corrected chi connectivity index (χ0v) is 6.93. The number of nitrogens with two attached hydrogens (primary N) is 1. The summed E-state index contributed by atoms with van der Waals surface area (Å²) >= 11 is 0. The number of carbonyl (C=O) groups is 1. The second-order valence-electron chi connectivity index (χ2n) is 2.79. The summed E-state index contributed by atoms with van der Waals surface area (Å²) in [6.45, 7) is 0. The third-order valence-corrected chi connectivity index (χ3v) is 1.94. The van der Waals surface area contributed by atoms with E-state index in [1.54, 1.807) is 0 Å². The molecule has 0 saturated heterocycles. The Morgan fingerprint density at radius 3 is 2.71 bits per heavy atom. The lowest BCUT2D eigenvalue weighted by molar-refractivity contribution is -0.384. The number of aliphatic imine (C=N–C) groups is 1. The molecule has 6 nitrogen and oxygen atoms in total. The molecule has 1 aromatic rings. The second kappa shape index (κ2) is 2.63. The van der Waals surface area contributed by atoms with Gasteiger partial charge in [-0.15, -0.1) is 0 Å². The van der Waals surface area contributed by atoms with E-state index in [0.29, 0.717) is 11.1 Å². The topological polar surface area (TPSA) is 98.6 Å². The highest BCUT2D eigenvalue weighted by atomic mass is 16.6. The third-order valence-electron chi connectivity index (χ3n) is 1.94. The van der Waals surface area contributed by atoms with Gasteiger partial charge in [-0.3, -0.25) is 14.9 Å². The van der Waals surface area contributed by atoms with Gasteiger partial charge in [0.15, 0.2) is 0 Å². The summed E-state index contributed by atoms with van der Waals surface area (Å²) < 4.78 is 0. The number of fused-ring (bicyclic) bond motifs is 1. The van der Waals surface area contributed by atoms with Crippen LogP contribution in [0.15, 0.2) is 23.2 Å². The maximum Gasteiger partial charge on any atom is 0.279 e. The summed E-state index contributed by atoms with van der Waals surface area (Å²) in [5, 5.41) is 10.4. The van der Waals surface area contributed by atoms with Crippen LogP contribution in [0.5, 0.6) is 0 Å². The summed E-state index contributed by atoms with van der Waals surface area (Å²) in [5.41, 5.74) is 5.96. The first kappa shape index (κ1) is 8.36. The van der Waals surface area contributed by atoms with Crippen LogP contribution in [0.25, 0.3) is 0 Å².